The van der Waals surface area contributed by atoms with E-state index in [4.69, 9.17) is 10.4 Å². The van der Waals surface area contributed by atoms with Crippen LogP contribution in [-0.4, -0.2) is 11.1 Å². The maximum Gasteiger partial charge on any atom is 0.335 e. The van der Waals surface area contributed by atoms with E-state index in [1.165, 1.54) is 0 Å². The molecular weight excluding hydrogens is 190 g/mol. The van der Waals surface area contributed by atoms with Crippen molar-refractivity contribution in [2.45, 2.75) is 26.2 Å². The number of benzene rings is 1. The van der Waals surface area contributed by atoms with Crippen LogP contribution in [0.25, 0.3) is 0 Å². The Morgan fingerprint density at radius 1 is 1.47 bits per heavy atom. The minimum absolute atomic E-state index is 0.221. The number of rotatable bonds is 2. The van der Waals surface area contributed by atoms with Crippen LogP contribution in [0.15, 0.2) is 18.2 Å². The number of aryl methyl sites for hydroxylation is 1. The summed E-state index contributed by atoms with van der Waals surface area (Å²) in [6.45, 7) is 5.43. The van der Waals surface area contributed by atoms with E-state index in [0.29, 0.717) is 0 Å². The summed E-state index contributed by atoms with van der Waals surface area (Å²) in [5.41, 5.74) is 1.27. The highest BCUT2D eigenvalue weighted by Crippen LogP contribution is 2.26. The molecule has 0 unspecified atom stereocenters. The molecule has 1 rings (SSSR count). The second kappa shape index (κ2) is 3.74. The first-order valence-corrected chi connectivity index (χ1v) is 4.64. The van der Waals surface area contributed by atoms with Crippen molar-refractivity contribution in [3.05, 3.63) is 34.9 Å². The fourth-order valence-corrected chi connectivity index (χ4v) is 1.49. The predicted octanol–water partition coefficient (Wildman–Crippen LogP) is 2.49. The summed E-state index contributed by atoms with van der Waals surface area (Å²) in [5, 5.41) is 17.9. The van der Waals surface area contributed by atoms with Crippen LogP contribution in [0, 0.1) is 18.3 Å². The molecule has 0 fully saturated rings. The van der Waals surface area contributed by atoms with Gasteiger partial charge in [0.2, 0.25) is 0 Å². The standard InChI is InChI=1S/C12H13NO2/c1-8-4-5-9(11(14)15)6-10(8)12(2,3)7-13/h4-6H,1-3H3,(H,14,15). The summed E-state index contributed by atoms with van der Waals surface area (Å²) >= 11 is 0. The first-order chi connectivity index (χ1) is 6.88. The third kappa shape index (κ3) is 2.16. The Kier molecular flexibility index (Phi) is 2.81. The molecule has 0 saturated heterocycles. The van der Waals surface area contributed by atoms with Crippen molar-refractivity contribution in [2.75, 3.05) is 0 Å². The lowest BCUT2D eigenvalue weighted by atomic mass is 9.82. The van der Waals surface area contributed by atoms with Crippen LogP contribution in [0.1, 0.15) is 35.3 Å². The Morgan fingerprint density at radius 3 is 2.53 bits per heavy atom. The van der Waals surface area contributed by atoms with Crippen molar-refractivity contribution in [3.8, 4) is 6.07 Å². The van der Waals surface area contributed by atoms with Gasteiger partial charge in [0.25, 0.3) is 0 Å². The van der Waals surface area contributed by atoms with Crippen LogP contribution in [-0.2, 0) is 5.41 Å². The molecule has 0 aliphatic carbocycles. The Balaban J connectivity index is 3.36. The van der Waals surface area contributed by atoms with Crippen LogP contribution < -0.4 is 0 Å². The highest BCUT2D eigenvalue weighted by Gasteiger charge is 2.22. The number of hydrogen-bond donors (Lipinski definition) is 1. The van der Waals surface area contributed by atoms with E-state index >= 15 is 0 Å². The fraction of sp³-hybridized carbons (Fsp3) is 0.333. The van der Waals surface area contributed by atoms with Gasteiger partial charge < -0.3 is 5.11 Å². The summed E-state index contributed by atoms with van der Waals surface area (Å²) in [6.07, 6.45) is 0. The molecule has 1 aromatic carbocycles. The molecule has 0 heterocycles. The van der Waals surface area contributed by atoms with E-state index in [1.54, 1.807) is 32.0 Å². The Hall–Kier alpha value is -1.82. The predicted molar refractivity (Wildman–Crippen MR) is 56.8 cm³/mol. The lowest BCUT2D eigenvalue weighted by Gasteiger charge is -2.18. The largest absolute Gasteiger partial charge is 0.478 e. The van der Waals surface area contributed by atoms with Crippen LogP contribution in [0.2, 0.25) is 0 Å². The van der Waals surface area contributed by atoms with Gasteiger partial charge in [-0.15, -0.1) is 0 Å². The number of nitrogens with zero attached hydrogens (tertiary/aromatic N) is 1. The molecule has 0 saturated carbocycles. The average molecular weight is 203 g/mol. The van der Waals surface area contributed by atoms with E-state index in [2.05, 4.69) is 6.07 Å². The third-order valence-corrected chi connectivity index (χ3v) is 2.44. The lowest BCUT2D eigenvalue weighted by molar-refractivity contribution is 0.0696. The quantitative estimate of drug-likeness (QED) is 0.803. The van der Waals surface area contributed by atoms with E-state index in [-0.39, 0.29) is 5.56 Å². The number of hydrogen-bond acceptors (Lipinski definition) is 2. The molecule has 0 aliphatic rings. The number of aromatic carboxylic acids is 1. The summed E-state index contributed by atoms with van der Waals surface area (Å²) < 4.78 is 0. The van der Waals surface area contributed by atoms with Gasteiger partial charge in [-0.05, 0) is 44.0 Å². The Morgan fingerprint density at radius 2 is 2.07 bits per heavy atom. The molecule has 3 heteroatoms. The molecule has 1 aromatic rings. The van der Waals surface area contributed by atoms with E-state index in [0.717, 1.165) is 11.1 Å². The van der Waals surface area contributed by atoms with Crippen molar-refractivity contribution in [2.24, 2.45) is 0 Å². The van der Waals surface area contributed by atoms with Gasteiger partial charge in [-0.2, -0.15) is 5.26 Å². The number of carboxylic acid groups (broad SMARTS) is 1. The summed E-state index contributed by atoms with van der Waals surface area (Å²) in [5.74, 6) is -0.968. The topological polar surface area (TPSA) is 61.1 Å². The van der Waals surface area contributed by atoms with E-state index in [9.17, 15) is 4.79 Å². The van der Waals surface area contributed by atoms with E-state index < -0.39 is 11.4 Å². The van der Waals surface area contributed by atoms with Gasteiger partial charge >= 0.3 is 5.97 Å². The SMILES string of the molecule is Cc1ccc(C(=O)O)cc1C(C)(C)C#N. The average Bonchev–Trinajstić information content (AvgIpc) is 2.17. The first kappa shape index (κ1) is 11.3. The number of carbonyl (C=O) groups is 1. The van der Waals surface area contributed by atoms with Crippen LogP contribution in [0.5, 0.6) is 0 Å². The maximum absolute atomic E-state index is 10.8. The maximum atomic E-state index is 10.8. The zero-order valence-corrected chi connectivity index (χ0v) is 9.03. The monoisotopic (exact) mass is 203 g/mol. The molecule has 1 N–H and O–H groups in total. The molecular formula is C12H13NO2. The van der Waals surface area contributed by atoms with E-state index in [1.807, 2.05) is 6.92 Å². The second-order valence-electron chi connectivity index (χ2n) is 4.07. The van der Waals surface area contributed by atoms with Gasteiger partial charge in [-0.1, -0.05) is 6.07 Å². The van der Waals surface area contributed by atoms with Crippen molar-refractivity contribution in [1.29, 1.82) is 5.26 Å². The molecule has 0 spiro atoms. The normalized spacial score (nSPS) is 10.8. The number of carboxylic acids is 1. The van der Waals surface area contributed by atoms with Gasteiger partial charge in [0.05, 0.1) is 17.0 Å². The molecule has 15 heavy (non-hydrogen) atoms. The van der Waals surface area contributed by atoms with Gasteiger partial charge in [0.1, 0.15) is 0 Å². The van der Waals surface area contributed by atoms with Crippen molar-refractivity contribution < 1.29 is 9.90 Å². The van der Waals surface area contributed by atoms with Crippen LogP contribution in [0.3, 0.4) is 0 Å². The molecule has 0 aliphatic heterocycles. The summed E-state index contributed by atoms with van der Waals surface area (Å²) in [6, 6.07) is 7.03. The molecule has 78 valence electrons. The molecule has 0 amide bonds. The molecule has 0 aromatic heterocycles. The Bertz CT molecular complexity index is 441. The summed E-state index contributed by atoms with van der Waals surface area (Å²) in [4.78, 5) is 10.8. The minimum Gasteiger partial charge on any atom is -0.478 e. The highest BCUT2D eigenvalue weighted by molar-refractivity contribution is 5.88. The lowest BCUT2D eigenvalue weighted by Crippen LogP contribution is -2.16. The third-order valence-electron chi connectivity index (χ3n) is 2.44. The zero-order valence-electron chi connectivity index (χ0n) is 9.03. The smallest absolute Gasteiger partial charge is 0.335 e. The molecule has 0 radical (unpaired) electrons. The molecule has 3 nitrogen and oxygen atoms in total. The van der Waals surface area contributed by atoms with Gasteiger partial charge in [0.15, 0.2) is 0 Å². The van der Waals surface area contributed by atoms with Crippen LogP contribution in [0.4, 0.5) is 0 Å². The summed E-state index contributed by atoms with van der Waals surface area (Å²) in [7, 11) is 0. The van der Waals surface area contributed by atoms with Gasteiger partial charge in [-0.25, -0.2) is 4.79 Å². The fourth-order valence-electron chi connectivity index (χ4n) is 1.49. The van der Waals surface area contributed by atoms with Crippen molar-refractivity contribution in [3.63, 3.8) is 0 Å². The zero-order chi connectivity index (χ0) is 11.6. The molecule has 0 atom stereocenters. The highest BCUT2D eigenvalue weighted by atomic mass is 16.4. The number of nitriles is 1. The Labute approximate surface area is 89.0 Å². The minimum atomic E-state index is -0.968. The van der Waals surface area contributed by atoms with Gasteiger partial charge in [-0.3, -0.25) is 0 Å². The first-order valence-electron chi connectivity index (χ1n) is 4.64. The van der Waals surface area contributed by atoms with Crippen molar-refractivity contribution >= 4 is 5.97 Å². The second-order valence-corrected chi connectivity index (χ2v) is 4.07. The van der Waals surface area contributed by atoms with Crippen molar-refractivity contribution in [1.82, 2.24) is 0 Å². The molecule has 0 bridgehead atoms. The van der Waals surface area contributed by atoms with Gasteiger partial charge in [0, 0.05) is 0 Å². The van der Waals surface area contributed by atoms with Crippen LogP contribution >= 0.6 is 0 Å².